The van der Waals surface area contributed by atoms with E-state index >= 15 is 0 Å². The molecule has 0 aliphatic carbocycles. The molecule has 0 aromatic heterocycles. The Bertz CT molecular complexity index is 529. The SMILES string of the molecule is CCCCCCCCCCCCCCC[C@@H](O)[C@H](CC(=O)C(F)(F)F)ON.O=C(O)C(F)(F)F. The van der Waals surface area contributed by atoms with Gasteiger partial charge in [0, 0.05) is 6.42 Å². The number of ketones is 1. The van der Waals surface area contributed by atoms with Crippen LogP contribution in [0, 0.1) is 0 Å². The molecule has 0 fully saturated rings. The molecule has 0 aromatic rings. The lowest BCUT2D eigenvalue weighted by Crippen LogP contribution is -2.37. The Balaban J connectivity index is 0. The number of aliphatic hydroxyl groups is 1. The number of carboxylic acid groups (broad SMARTS) is 1. The van der Waals surface area contributed by atoms with E-state index in [1.54, 1.807) is 0 Å². The number of alkyl halides is 6. The summed E-state index contributed by atoms with van der Waals surface area (Å²) in [5.41, 5.74) is 0. The fourth-order valence-corrected chi connectivity index (χ4v) is 3.13. The molecule has 0 unspecified atom stereocenters. The maximum atomic E-state index is 12.3. The first kappa shape index (κ1) is 34.8. The third kappa shape index (κ3) is 21.2. The van der Waals surface area contributed by atoms with Crippen molar-refractivity contribution in [1.29, 1.82) is 0 Å². The molecule has 0 amide bonds. The van der Waals surface area contributed by atoms with Crippen LogP contribution in [-0.2, 0) is 14.4 Å². The summed E-state index contributed by atoms with van der Waals surface area (Å²) >= 11 is 0. The van der Waals surface area contributed by atoms with Crippen molar-refractivity contribution >= 4 is 11.8 Å². The number of carbonyl (C=O) groups is 2. The predicted octanol–water partition coefficient (Wildman–Crippen LogP) is 6.24. The highest BCUT2D eigenvalue weighted by Crippen LogP contribution is 2.22. The average Bonchev–Trinajstić information content (AvgIpc) is 2.73. The summed E-state index contributed by atoms with van der Waals surface area (Å²) < 4.78 is 68.5. The van der Waals surface area contributed by atoms with Crippen LogP contribution in [0.25, 0.3) is 0 Å². The number of carbonyl (C=O) groups excluding carboxylic acids is 1. The lowest BCUT2D eigenvalue weighted by atomic mass is 10.00. The van der Waals surface area contributed by atoms with Gasteiger partial charge in [-0.25, -0.2) is 10.7 Å². The minimum Gasteiger partial charge on any atom is -0.475 e. The Hall–Kier alpha value is -1.40. The molecule has 4 N–H and O–H groups in total. The van der Waals surface area contributed by atoms with Gasteiger partial charge in [0.2, 0.25) is 5.78 Å². The standard InChI is InChI=1S/C20H38F3NO3.C2HF3O2/c1-2-3-4-5-6-7-8-9-10-11-12-13-14-15-17(25)18(27-24)16-19(26)20(21,22)23;3-2(4,5)1(6)7/h17-18,25H,2-16,24H2,1H3;(H,6,7)/t17-,18+;/m1./s1. The van der Waals surface area contributed by atoms with Gasteiger partial charge >= 0.3 is 18.3 Å². The zero-order chi connectivity index (χ0) is 26.6. The van der Waals surface area contributed by atoms with Crippen molar-refractivity contribution < 1.29 is 51.0 Å². The number of hydrogen-bond acceptors (Lipinski definition) is 5. The fraction of sp³-hybridized carbons (Fsp3) is 0.909. The van der Waals surface area contributed by atoms with E-state index in [1.165, 1.54) is 57.8 Å². The third-order valence-corrected chi connectivity index (χ3v) is 5.15. The van der Waals surface area contributed by atoms with Crippen molar-refractivity contribution in [2.45, 2.75) is 128 Å². The van der Waals surface area contributed by atoms with E-state index in [9.17, 15) is 36.2 Å². The summed E-state index contributed by atoms with van der Waals surface area (Å²) in [6.45, 7) is 2.22. The molecule has 0 saturated heterocycles. The molecule has 12 heteroatoms. The quantitative estimate of drug-likeness (QED) is 0.114. The van der Waals surface area contributed by atoms with Gasteiger partial charge in [-0.3, -0.25) is 9.63 Å². The molecular formula is C22H39F6NO5. The second-order valence-corrected chi connectivity index (χ2v) is 8.20. The second kappa shape index (κ2) is 19.9. The lowest BCUT2D eigenvalue weighted by molar-refractivity contribution is -0.192. The fourth-order valence-electron chi connectivity index (χ4n) is 3.13. The molecule has 0 aromatic carbocycles. The van der Waals surface area contributed by atoms with E-state index in [4.69, 9.17) is 15.8 Å². The van der Waals surface area contributed by atoms with Gasteiger partial charge < -0.3 is 10.2 Å². The number of aliphatic hydroxyl groups excluding tert-OH is 1. The van der Waals surface area contributed by atoms with Gasteiger partial charge in [-0.15, -0.1) is 0 Å². The van der Waals surface area contributed by atoms with Crippen molar-refractivity contribution in [3.8, 4) is 0 Å². The monoisotopic (exact) mass is 511 g/mol. The molecular weight excluding hydrogens is 472 g/mol. The summed E-state index contributed by atoms with van der Waals surface area (Å²) in [5.74, 6) is 0.244. The first-order chi connectivity index (χ1) is 15.8. The van der Waals surface area contributed by atoms with Crippen molar-refractivity contribution in [1.82, 2.24) is 0 Å². The molecule has 2 atom stereocenters. The van der Waals surface area contributed by atoms with Gasteiger partial charge in [-0.2, -0.15) is 26.3 Å². The van der Waals surface area contributed by atoms with Crippen molar-refractivity contribution in [3.63, 3.8) is 0 Å². The summed E-state index contributed by atoms with van der Waals surface area (Å²) in [4.78, 5) is 24.2. The van der Waals surface area contributed by atoms with E-state index in [0.717, 1.165) is 19.3 Å². The number of Topliss-reactive ketones (excluding diaryl/α,β-unsaturated/α-hetero) is 1. The Morgan fingerprint density at radius 1 is 0.765 bits per heavy atom. The van der Waals surface area contributed by atoms with E-state index < -0.39 is 42.7 Å². The average molecular weight is 512 g/mol. The van der Waals surface area contributed by atoms with Crippen molar-refractivity contribution in [2.24, 2.45) is 5.90 Å². The molecule has 0 radical (unpaired) electrons. The number of unbranched alkanes of at least 4 members (excludes halogenated alkanes) is 12. The Morgan fingerprint density at radius 2 is 1.12 bits per heavy atom. The van der Waals surface area contributed by atoms with Crippen LogP contribution < -0.4 is 5.90 Å². The molecule has 0 saturated carbocycles. The minimum atomic E-state index is -5.08. The minimum absolute atomic E-state index is 0.283. The number of rotatable bonds is 18. The number of halogens is 6. The van der Waals surface area contributed by atoms with Crippen LogP contribution in [0.4, 0.5) is 26.3 Å². The maximum Gasteiger partial charge on any atom is 0.490 e. The second-order valence-electron chi connectivity index (χ2n) is 8.20. The van der Waals surface area contributed by atoms with Crippen LogP contribution in [0.1, 0.15) is 103 Å². The summed E-state index contributed by atoms with van der Waals surface area (Å²) in [7, 11) is 0. The first-order valence-corrected chi connectivity index (χ1v) is 11.7. The molecule has 0 rings (SSSR count). The molecule has 0 aliphatic rings. The normalized spacial score (nSPS) is 13.7. The Morgan fingerprint density at radius 3 is 1.41 bits per heavy atom. The van der Waals surface area contributed by atoms with Crippen LogP contribution in [0.15, 0.2) is 0 Å². The number of hydrogen-bond donors (Lipinski definition) is 3. The Labute approximate surface area is 197 Å². The smallest absolute Gasteiger partial charge is 0.475 e. The number of carboxylic acids is 1. The summed E-state index contributed by atoms with van der Waals surface area (Å²) in [6.07, 6.45) is 2.31. The van der Waals surface area contributed by atoms with Crippen LogP contribution in [0.3, 0.4) is 0 Å². The lowest BCUT2D eigenvalue weighted by Gasteiger charge is -2.20. The van der Waals surface area contributed by atoms with Crippen molar-refractivity contribution in [2.75, 3.05) is 0 Å². The molecule has 0 heterocycles. The summed E-state index contributed by atoms with van der Waals surface area (Å²) in [5, 5.41) is 17.0. The summed E-state index contributed by atoms with van der Waals surface area (Å²) in [6, 6.07) is 0. The predicted molar refractivity (Wildman–Crippen MR) is 115 cm³/mol. The van der Waals surface area contributed by atoms with Gasteiger partial charge in [-0.05, 0) is 6.42 Å². The number of nitrogens with two attached hydrogens (primary N) is 1. The van der Waals surface area contributed by atoms with E-state index in [2.05, 4.69) is 11.8 Å². The molecule has 204 valence electrons. The van der Waals surface area contributed by atoms with Crippen molar-refractivity contribution in [3.05, 3.63) is 0 Å². The van der Waals surface area contributed by atoms with Gasteiger partial charge in [0.25, 0.3) is 0 Å². The highest BCUT2D eigenvalue weighted by Gasteiger charge is 2.40. The highest BCUT2D eigenvalue weighted by atomic mass is 19.4. The third-order valence-electron chi connectivity index (χ3n) is 5.15. The molecule has 34 heavy (non-hydrogen) atoms. The molecule has 0 spiro atoms. The van der Waals surface area contributed by atoms with Crippen LogP contribution in [0.2, 0.25) is 0 Å². The zero-order valence-corrected chi connectivity index (χ0v) is 19.7. The number of aliphatic carboxylic acids is 1. The van der Waals surface area contributed by atoms with Crippen LogP contribution in [-0.4, -0.2) is 46.5 Å². The van der Waals surface area contributed by atoms with E-state index in [-0.39, 0.29) is 6.42 Å². The highest BCUT2D eigenvalue weighted by molar-refractivity contribution is 5.84. The van der Waals surface area contributed by atoms with Gasteiger partial charge in [0.1, 0.15) is 6.10 Å². The topological polar surface area (TPSA) is 110 Å². The van der Waals surface area contributed by atoms with E-state index in [0.29, 0.717) is 6.42 Å². The maximum absolute atomic E-state index is 12.3. The van der Waals surface area contributed by atoms with Gasteiger partial charge in [0.15, 0.2) is 0 Å². The van der Waals surface area contributed by atoms with Crippen LogP contribution in [0.5, 0.6) is 0 Å². The largest absolute Gasteiger partial charge is 0.490 e. The zero-order valence-electron chi connectivity index (χ0n) is 19.7. The van der Waals surface area contributed by atoms with Gasteiger partial charge in [0.05, 0.1) is 6.10 Å². The molecule has 0 bridgehead atoms. The van der Waals surface area contributed by atoms with Crippen LogP contribution >= 0.6 is 0 Å². The van der Waals surface area contributed by atoms with E-state index in [1.807, 2.05) is 0 Å². The van der Waals surface area contributed by atoms with Gasteiger partial charge in [-0.1, -0.05) is 90.4 Å². The first-order valence-electron chi connectivity index (χ1n) is 11.7. The Kier molecular flexibility index (Phi) is 20.3. The molecule has 6 nitrogen and oxygen atoms in total. The molecule has 0 aliphatic heterocycles.